The van der Waals surface area contributed by atoms with Gasteiger partial charge in [-0.05, 0) is 49.7 Å². The van der Waals surface area contributed by atoms with E-state index in [9.17, 15) is 29.4 Å². The molecule has 0 heterocycles. The van der Waals surface area contributed by atoms with E-state index in [2.05, 4.69) is 0 Å². The molecule has 0 aliphatic heterocycles. The number of hydrogen-bond donors (Lipinski definition) is 0. The van der Waals surface area contributed by atoms with Crippen molar-refractivity contribution >= 4 is 72.8 Å². The van der Waals surface area contributed by atoms with Gasteiger partial charge < -0.3 is 38.7 Å². The smallest absolute Gasteiger partial charge is 0.550 e. The van der Waals surface area contributed by atoms with Gasteiger partial charge in [0.15, 0.2) is 0 Å². The van der Waals surface area contributed by atoms with Gasteiger partial charge in [-0.2, -0.15) is 0 Å². The molecule has 0 radical (unpaired) electrons. The molecule has 11 heteroatoms. The first-order chi connectivity index (χ1) is 31.2. The second kappa shape index (κ2) is 46.9. The molecule has 0 N–H and O–H groups in total. The molecule has 0 aliphatic rings. The standard InChI is InChI=1S/2C27H44O5.Ba/c2*1-24(28)31-23-26(32-22-25-18-14-13-15-19-25)20-16-11-9-7-5-3-2-4-6-8-10-12-17-21-27(29)30;/h2*13-15,18-19,26H,2-12,16-17,20-23H2,1H3,(H,29,30);/q;;+2/p-2. The Balaban J connectivity index is 0.00000124. The predicted octanol–water partition coefficient (Wildman–Crippen LogP) is 11.1. The third kappa shape index (κ3) is 45.4. The molecule has 2 atom stereocenters. The van der Waals surface area contributed by atoms with Crippen LogP contribution in [0.3, 0.4) is 0 Å². The maximum Gasteiger partial charge on any atom is 2.00 e. The van der Waals surface area contributed by atoms with Crippen molar-refractivity contribution in [3.63, 3.8) is 0 Å². The summed E-state index contributed by atoms with van der Waals surface area (Å²) in [7, 11) is 0. The number of esters is 2. The predicted molar refractivity (Wildman–Crippen MR) is 258 cm³/mol. The minimum atomic E-state index is -0.928. The van der Waals surface area contributed by atoms with Gasteiger partial charge in [0, 0.05) is 25.8 Å². The summed E-state index contributed by atoms with van der Waals surface area (Å²) in [5.74, 6) is -2.37. The van der Waals surface area contributed by atoms with Crippen LogP contribution in [0.25, 0.3) is 0 Å². The molecule has 2 aromatic carbocycles. The van der Waals surface area contributed by atoms with E-state index in [1.807, 2.05) is 60.7 Å². The zero-order valence-corrected chi connectivity index (χ0v) is 45.2. The minimum absolute atomic E-state index is 0. The summed E-state index contributed by atoms with van der Waals surface area (Å²) in [6.07, 6.45) is 32.9. The van der Waals surface area contributed by atoms with Gasteiger partial charge in [0.2, 0.25) is 0 Å². The number of ether oxygens (including phenoxy) is 4. The van der Waals surface area contributed by atoms with Crippen molar-refractivity contribution < 1.29 is 48.3 Å². The van der Waals surface area contributed by atoms with Crippen LogP contribution in [0.5, 0.6) is 0 Å². The maximum absolute atomic E-state index is 11.1. The number of carboxylic acid groups (broad SMARTS) is 2. The first kappa shape index (κ1) is 62.8. The van der Waals surface area contributed by atoms with Crippen LogP contribution >= 0.6 is 0 Å². The summed E-state index contributed by atoms with van der Waals surface area (Å²) in [4.78, 5) is 43.0. The van der Waals surface area contributed by atoms with Gasteiger partial charge in [0.05, 0.1) is 25.4 Å². The fourth-order valence-corrected chi connectivity index (χ4v) is 7.60. The number of carbonyl (C=O) groups excluding carboxylic acids is 4. The monoisotopic (exact) mass is 1030 g/mol. The molecule has 2 rings (SSSR count). The molecule has 0 amide bonds. The molecule has 0 aliphatic carbocycles. The average Bonchev–Trinajstić information content (AvgIpc) is 3.28. The number of unbranched alkanes of at least 4 members (excludes halogenated alkanes) is 24. The fourth-order valence-electron chi connectivity index (χ4n) is 7.60. The van der Waals surface area contributed by atoms with Crippen LogP contribution in [0, 0.1) is 0 Å². The first-order valence-electron chi connectivity index (χ1n) is 25.1. The molecule has 0 saturated carbocycles. The Morgan fingerprint density at radius 1 is 0.400 bits per heavy atom. The summed E-state index contributed by atoms with van der Waals surface area (Å²) in [5, 5.41) is 20.7. The van der Waals surface area contributed by atoms with Gasteiger partial charge in [0.25, 0.3) is 0 Å². The van der Waals surface area contributed by atoms with E-state index in [1.165, 1.54) is 129 Å². The molecular weight excluding hydrogens is 946 g/mol. The average molecular weight is 1030 g/mol. The normalized spacial score (nSPS) is 11.7. The van der Waals surface area contributed by atoms with Gasteiger partial charge in [-0.1, -0.05) is 215 Å². The minimum Gasteiger partial charge on any atom is -0.550 e. The zero-order chi connectivity index (χ0) is 46.6. The Bertz CT molecular complexity index is 1290. The van der Waals surface area contributed by atoms with Crippen molar-refractivity contribution in [1.82, 2.24) is 0 Å². The summed E-state index contributed by atoms with van der Waals surface area (Å²) in [5.41, 5.74) is 2.27. The van der Waals surface area contributed by atoms with E-state index in [1.54, 1.807) is 0 Å². The van der Waals surface area contributed by atoms with Crippen LogP contribution in [-0.2, 0) is 51.3 Å². The van der Waals surface area contributed by atoms with E-state index in [4.69, 9.17) is 18.9 Å². The Labute approximate surface area is 434 Å². The van der Waals surface area contributed by atoms with Crippen molar-refractivity contribution in [1.29, 1.82) is 0 Å². The number of rotatable bonds is 42. The second-order valence-corrected chi connectivity index (χ2v) is 17.5. The Hall–Kier alpha value is -2.19. The Morgan fingerprint density at radius 2 is 0.646 bits per heavy atom. The van der Waals surface area contributed by atoms with Gasteiger partial charge in [-0.3, -0.25) is 9.59 Å². The first-order valence-corrected chi connectivity index (χ1v) is 25.1. The SMILES string of the molecule is CC(=O)OCC(CCCCCCCCCCCCCCCC(=O)[O-])OCc1ccccc1.CC(=O)OCC(CCCCCCCCCCCCCCCC(=O)[O-])OCc1ccccc1.[Ba+2]. The maximum atomic E-state index is 11.1. The molecule has 10 nitrogen and oxygen atoms in total. The fraction of sp³-hybridized carbons (Fsp3) is 0.704. The van der Waals surface area contributed by atoms with E-state index in [-0.39, 0.29) is 85.9 Å². The van der Waals surface area contributed by atoms with Crippen LogP contribution < -0.4 is 10.2 Å². The van der Waals surface area contributed by atoms with Crippen LogP contribution in [0.4, 0.5) is 0 Å². The second-order valence-electron chi connectivity index (χ2n) is 17.5. The molecule has 0 fully saturated rings. The topological polar surface area (TPSA) is 151 Å². The summed E-state index contributed by atoms with van der Waals surface area (Å²) >= 11 is 0. The van der Waals surface area contributed by atoms with Crippen molar-refractivity contribution in [3.8, 4) is 0 Å². The molecule has 2 aromatic rings. The number of benzene rings is 2. The Morgan fingerprint density at radius 3 is 0.892 bits per heavy atom. The van der Waals surface area contributed by atoms with Crippen LogP contribution in [0.2, 0.25) is 0 Å². The number of carboxylic acids is 2. The Kier molecular flexibility index (Phi) is 45.3. The summed E-state index contributed by atoms with van der Waals surface area (Å²) in [6.45, 7) is 4.64. The van der Waals surface area contributed by atoms with Gasteiger partial charge >= 0.3 is 60.8 Å². The van der Waals surface area contributed by atoms with Gasteiger partial charge in [-0.15, -0.1) is 0 Å². The number of hydrogen-bond acceptors (Lipinski definition) is 10. The van der Waals surface area contributed by atoms with Crippen LogP contribution in [0.1, 0.15) is 218 Å². The molecule has 0 spiro atoms. The van der Waals surface area contributed by atoms with Gasteiger partial charge in [-0.25, -0.2) is 0 Å². The van der Waals surface area contributed by atoms with E-state index < -0.39 is 11.9 Å². The molecule has 2 unspecified atom stereocenters. The zero-order valence-electron chi connectivity index (χ0n) is 40.8. The molecule has 0 saturated heterocycles. The van der Waals surface area contributed by atoms with Crippen molar-refractivity contribution in [2.45, 2.75) is 232 Å². The molecular formula is C54H86BaO10. The molecule has 0 aromatic heterocycles. The van der Waals surface area contributed by atoms with E-state index >= 15 is 0 Å². The van der Waals surface area contributed by atoms with Gasteiger partial charge in [0.1, 0.15) is 13.2 Å². The number of carbonyl (C=O) groups is 4. The van der Waals surface area contributed by atoms with Crippen molar-refractivity contribution in [2.75, 3.05) is 13.2 Å². The van der Waals surface area contributed by atoms with Crippen molar-refractivity contribution in [2.24, 2.45) is 0 Å². The number of aliphatic carboxylic acids is 2. The van der Waals surface area contributed by atoms with Crippen molar-refractivity contribution in [3.05, 3.63) is 71.8 Å². The quantitative estimate of drug-likeness (QED) is 0.0357. The molecule has 364 valence electrons. The summed E-state index contributed by atoms with van der Waals surface area (Å²) < 4.78 is 22.4. The molecule has 0 bridgehead atoms. The van der Waals surface area contributed by atoms with E-state index in [0.29, 0.717) is 26.4 Å². The van der Waals surface area contributed by atoms with Crippen LogP contribution in [-0.4, -0.2) is 98.2 Å². The largest absolute Gasteiger partial charge is 2.00 e. The summed E-state index contributed by atoms with van der Waals surface area (Å²) in [6, 6.07) is 20.2. The van der Waals surface area contributed by atoms with Crippen LogP contribution in [0.15, 0.2) is 60.7 Å². The van der Waals surface area contributed by atoms with E-state index in [0.717, 1.165) is 75.3 Å². The molecule has 65 heavy (non-hydrogen) atoms. The third-order valence-electron chi connectivity index (χ3n) is 11.4. The third-order valence-corrected chi connectivity index (χ3v) is 11.4.